The number of nitrogens with one attached hydrogen (secondary N) is 1. The molecule has 0 saturated carbocycles. The van der Waals surface area contributed by atoms with Crippen molar-refractivity contribution in [2.75, 3.05) is 26.7 Å². The largest absolute Gasteiger partial charge is 0.388 e. The molecule has 4 heteroatoms. The summed E-state index contributed by atoms with van der Waals surface area (Å²) in [6.07, 6.45) is 1.58. The number of piperidine rings is 1. The fraction of sp³-hybridized carbons (Fsp3) is 0.571. The van der Waals surface area contributed by atoms with E-state index in [1.54, 1.807) is 12.1 Å². The highest BCUT2D eigenvalue weighted by molar-refractivity contribution is 5.15. The van der Waals surface area contributed by atoms with Crippen LogP contribution < -0.4 is 5.32 Å². The molecular formula is C14H21FN2O. The highest BCUT2D eigenvalue weighted by atomic mass is 19.1. The highest BCUT2D eigenvalue weighted by Gasteiger charge is 2.30. The molecule has 0 aliphatic carbocycles. The van der Waals surface area contributed by atoms with Gasteiger partial charge in [0.1, 0.15) is 5.82 Å². The second-order valence-corrected chi connectivity index (χ2v) is 5.27. The van der Waals surface area contributed by atoms with Crippen molar-refractivity contribution < 1.29 is 9.50 Å². The average Bonchev–Trinajstić information content (AvgIpc) is 2.32. The molecule has 1 aliphatic rings. The van der Waals surface area contributed by atoms with E-state index < -0.39 is 5.60 Å². The van der Waals surface area contributed by atoms with E-state index in [9.17, 15) is 9.50 Å². The Hall–Kier alpha value is -0.970. The summed E-state index contributed by atoms with van der Waals surface area (Å²) in [5.74, 6) is -0.210. The third-order valence-electron chi connectivity index (χ3n) is 3.46. The molecule has 2 N–H and O–H groups in total. The van der Waals surface area contributed by atoms with E-state index in [0.717, 1.165) is 38.0 Å². The highest BCUT2D eigenvalue weighted by Crippen LogP contribution is 2.19. The van der Waals surface area contributed by atoms with Gasteiger partial charge in [-0.15, -0.1) is 0 Å². The van der Waals surface area contributed by atoms with Crippen molar-refractivity contribution in [1.29, 1.82) is 0 Å². The quantitative estimate of drug-likeness (QED) is 0.849. The Morgan fingerprint density at radius 3 is 2.50 bits per heavy atom. The van der Waals surface area contributed by atoms with Gasteiger partial charge in [-0.3, -0.25) is 4.90 Å². The summed E-state index contributed by atoms with van der Waals surface area (Å²) >= 11 is 0. The van der Waals surface area contributed by atoms with Crippen molar-refractivity contribution in [2.24, 2.45) is 0 Å². The molecule has 1 saturated heterocycles. The number of hydrogen-bond acceptors (Lipinski definition) is 3. The van der Waals surface area contributed by atoms with Crippen molar-refractivity contribution >= 4 is 0 Å². The van der Waals surface area contributed by atoms with Crippen LogP contribution in [0.5, 0.6) is 0 Å². The van der Waals surface area contributed by atoms with Gasteiger partial charge in [-0.2, -0.15) is 0 Å². The number of benzene rings is 1. The Morgan fingerprint density at radius 1 is 1.28 bits per heavy atom. The molecule has 0 atom stereocenters. The summed E-state index contributed by atoms with van der Waals surface area (Å²) in [6, 6.07) is 6.53. The smallest absolute Gasteiger partial charge is 0.123 e. The van der Waals surface area contributed by atoms with Gasteiger partial charge in [0, 0.05) is 13.1 Å². The topological polar surface area (TPSA) is 35.5 Å². The second-order valence-electron chi connectivity index (χ2n) is 5.27. The van der Waals surface area contributed by atoms with Gasteiger partial charge in [0.25, 0.3) is 0 Å². The summed E-state index contributed by atoms with van der Waals surface area (Å²) in [5, 5.41) is 13.7. The Kier molecular flexibility index (Phi) is 4.32. The molecule has 1 fully saturated rings. The van der Waals surface area contributed by atoms with Crippen LogP contribution in [0.3, 0.4) is 0 Å². The van der Waals surface area contributed by atoms with Crippen molar-refractivity contribution in [1.82, 2.24) is 10.2 Å². The van der Waals surface area contributed by atoms with E-state index in [1.807, 2.05) is 7.05 Å². The molecule has 1 aromatic rings. The average molecular weight is 252 g/mol. The maximum absolute atomic E-state index is 12.8. The molecule has 0 radical (unpaired) electrons. The van der Waals surface area contributed by atoms with Crippen LogP contribution in [-0.4, -0.2) is 42.3 Å². The number of rotatable bonds is 4. The maximum Gasteiger partial charge on any atom is 0.123 e. The molecule has 0 bridgehead atoms. The van der Waals surface area contributed by atoms with Crippen LogP contribution in [0.15, 0.2) is 24.3 Å². The summed E-state index contributed by atoms with van der Waals surface area (Å²) in [5.41, 5.74) is 0.483. The number of hydrogen-bond donors (Lipinski definition) is 2. The third-order valence-corrected chi connectivity index (χ3v) is 3.46. The Labute approximate surface area is 108 Å². The minimum atomic E-state index is -0.583. The lowest BCUT2D eigenvalue weighted by atomic mass is 9.92. The zero-order valence-corrected chi connectivity index (χ0v) is 10.8. The standard InChI is InChI=1S/C14H21FN2O/c1-17(10-12-2-4-13(15)5-3-12)11-14(18)6-8-16-9-7-14/h2-5,16,18H,6-11H2,1H3. The predicted molar refractivity (Wildman–Crippen MR) is 69.8 cm³/mol. The Morgan fingerprint density at radius 2 is 1.89 bits per heavy atom. The molecule has 100 valence electrons. The molecule has 0 amide bonds. The summed E-state index contributed by atoms with van der Waals surface area (Å²) in [4.78, 5) is 2.10. The van der Waals surface area contributed by atoms with E-state index >= 15 is 0 Å². The van der Waals surface area contributed by atoms with Gasteiger partial charge in [0.2, 0.25) is 0 Å². The number of aliphatic hydroxyl groups is 1. The van der Waals surface area contributed by atoms with Crippen LogP contribution in [-0.2, 0) is 6.54 Å². The SMILES string of the molecule is CN(Cc1ccc(F)cc1)CC1(O)CCNCC1. The lowest BCUT2D eigenvalue weighted by Gasteiger charge is -2.36. The minimum Gasteiger partial charge on any atom is -0.388 e. The Bertz CT molecular complexity index is 374. The molecule has 18 heavy (non-hydrogen) atoms. The molecule has 1 aromatic carbocycles. The van der Waals surface area contributed by atoms with Gasteiger partial charge in [-0.25, -0.2) is 4.39 Å². The molecule has 0 unspecified atom stereocenters. The summed E-state index contributed by atoms with van der Waals surface area (Å²) in [7, 11) is 1.99. The second kappa shape index (κ2) is 5.78. The molecule has 2 rings (SSSR count). The maximum atomic E-state index is 12.8. The lowest BCUT2D eigenvalue weighted by Crippen LogP contribution is -2.48. The van der Waals surface area contributed by atoms with Crippen molar-refractivity contribution in [3.8, 4) is 0 Å². The van der Waals surface area contributed by atoms with Gasteiger partial charge in [0.05, 0.1) is 5.60 Å². The van der Waals surface area contributed by atoms with E-state index in [0.29, 0.717) is 6.54 Å². The third kappa shape index (κ3) is 3.77. The normalized spacial score (nSPS) is 19.1. The van der Waals surface area contributed by atoms with E-state index in [4.69, 9.17) is 0 Å². The molecule has 1 aliphatic heterocycles. The zero-order valence-electron chi connectivity index (χ0n) is 10.8. The predicted octanol–water partition coefficient (Wildman–Crippen LogP) is 1.37. The Balaban J connectivity index is 1.87. The monoisotopic (exact) mass is 252 g/mol. The van der Waals surface area contributed by atoms with Crippen molar-refractivity contribution in [2.45, 2.75) is 25.0 Å². The van der Waals surface area contributed by atoms with Gasteiger partial charge >= 0.3 is 0 Å². The van der Waals surface area contributed by atoms with Crippen LogP contribution in [0.4, 0.5) is 4.39 Å². The first-order chi connectivity index (χ1) is 8.57. The van der Waals surface area contributed by atoms with Gasteiger partial charge in [0.15, 0.2) is 0 Å². The number of likely N-dealkylation sites (N-methyl/N-ethyl adjacent to an activating group) is 1. The van der Waals surface area contributed by atoms with Gasteiger partial charge < -0.3 is 10.4 Å². The summed E-state index contributed by atoms with van der Waals surface area (Å²) < 4.78 is 12.8. The fourth-order valence-corrected chi connectivity index (χ4v) is 2.51. The van der Waals surface area contributed by atoms with Gasteiger partial charge in [-0.05, 0) is 50.7 Å². The number of nitrogens with zero attached hydrogens (tertiary/aromatic N) is 1. The van der Waals surface area contributed by atoms with Crippen molar-refractivity contribution in [3.63, 3.8) is 0 Å². The molecule has 0 spiro atoms. The van der Waals surface area contributed by atoms with E-state index in [2.05, 4.69) is 10.2 Å². The van der Waals surface area contributed by atoms with Gasteiger partial charge in [-0.1, -0.05) is 12.1 Å². The van der Waals surface area contributed by atoms with E-state index in [-0.39, 0.29) is 5.82 Å². The first-order valence-corrected chi connectivity index (χ1v) is 6.43. The molecule has 3 nitrogen and oxygen atoms in total. The first-order valence-electron chi connectivity index (χ1n) is 6.43. The van der Waals surface area contributed by atoms with Crippen LogP contribution in [0.1, 0.15) is 18.4 Å². The lowest BCUT2D eigenvalue weighted by molar-refractivity contribution is -0.0168. The van der Waals surface area contributed by atoms with Crippen LogP contribution in [0.25, 0.3) is 0 Å². The summed E-state index contributed by atoms with van der Waals surface area (Å²) in [6.45, 7) is 3.14. The first kappa shape index (κ1) is 13.5. The molecule has 0 aromatic heterocycles. The zero-order chi connectivity index (χ0) is 13.0. The van der Waals surface area contributed by atoms with Crippen molar-refractivity contribution in [3.05, 3.63) is 35.6 Å². The number of halogens is 1. The van der Waals surface area contributed by atoms with Crippen LogP contribution in [0, 0.1) is 5.82 Å². The molecular weight excluding hydrogens is 231 g/mol. The van der Waals surface area contributed by atoms with Crippen LogP contribution in [0.2, 0.25) is 0 Å². The van der Waals surface area contributed by atoms with E-state index in [1.165, 1.54) is 12.1 Å². The fourth-order valence-electron chi connectivity index (χ4n) is 2.51. The minimum absolute atomic E-state index is 0.210. The van der Waals surface area contributed by atoms with Crippen LogP contribution >= 0.6 is 0 Å². The molecule has 1 heterocycles.